The Labute approximate surface area is 128 Å². The second kappa shape index (κ2) is 4.59. The number of carbonyl (C=O) groups excluding carboxylic acids is 1. The van der Waals surface area contributed by atoms with Crippen molar-refractivity contribution in [3.05, 3.63) is 17.1 Å². The molecule has 1 fully saturated rings. The summed E-state index contributed by atoms with van der Waals surface area (Å²) >= 11 is 1.64. The molecular weight excluding hydrogens is 284 g/mol. The van der Waals surface area contributed by atoms with Crippen LogP contribution >= 0.6 is 11.3 Å². The number of thiazole rings is 1. The minimum absolute atomic E-state index is 0.114. The lowest BCUT2D eigenvalue weighted by Crippen LogP contribution is -2.62. The molecule has 2 heterocycles. The Morgan fingerprint density at radius 1 is 1.33 bits per heavy atom. The number of likely N-dealkylation sites (N-methyl/N-ethyl adjacent to an activating group) is 1. The van der Waals surface area contributed by atoms with Crippen LogP contribution in [0.15, 0.2) is 12.1 Å². The van der Waals surface area contributed by atoms with E-state index in [-0.39, 0.29) is 5.91 Å². The maximum absolute atomic E-state index is 12.4. The van der Waals surface area contributed by atoms with Gasteiger partial charge in [-0.15, -0.1) is 11.3 Å². The maximum Gasteiger partial charge on any atom is 0.247 e. The summed E-state index contributed by atoms with van der Waals surface area (Å²) in [5.74, 6) is 0.114. The standard InChI is InChI=1S/C15H20N4OS/c1-9-17-11-8-12(10(16)7-13(11)21-9)19-6-5-18(4)14(20)15(19,2)3/h7-8H,5-6,16H2,1-4H3. The lowest BCUT2D eigenvalue weighted by molar-refractivity contribution is -0.136. The van der Waals surface area contributed by atoms with Crippen LogP contribution in [0.4, 0.5) is 11.4 Å². The van der Waals surface area contributed by atoms with Crippen LogP contribution < -0.4 is 10.6 Å². The van der Waals surface area contributed by atoms with Crippen LogP contribution in [-0.2, 0) is 4.79 Å². The normalized spacial score (nSPS) is 18.6. The van der Waals surface area contributed by atoms with Crippen molar-refractivity contribution in [1.29, 1.82) is 0 Å². The van der Waals surface area contributed by atoms with E-state index in [1.165, 1.54) is 0 Å². The Balaban J connectivity index is 2.11. The number of fused-ring (bicyclic) bond motifs is 1. The van der Waals surface area contributed by atoms with E-state index in [0.717, 1.165) is 27.5 Å². The van der Waals surface area contributed by atoms with Crippen LogP contribution in [0.1, 0.15) is 18.9 Å². The SMILES string of the molecule is Cc1nc2cc(N3CCN(C)C(=O)C3(C)C)c(N)cc2s1. The summed E-state index contributed by atoms with van der Waals surface area (Å²) in [7, 11) is 1.85. The van der Waals surface area contributed by atoms with E-state index in [0.29, 0.717) is 12.2 Å². The first-order valence-corrected chi connectivity index (χ1v) is 7.82. The Kier molecular flexibility index (Phi) is 3.09. The highest BCUT2D eigenvalue weighted by molar-refractivity contribution is 7.18. The van der Waals surface area contributed by atoms with E-state index < -0.39 is 5.54 Å². The molecule has 5 nitrogen and oxygen atoms in total. The smallest absolute Gasteiger partial charge is 0.247 e. The Bertz CT molecular complexity index is 722. The summed E-state index contributed by atoms with van der Waals surface area (Å²) in [4.78, 5) is 20.8. The van der Waals surface area contributed by atoms with Crippen molar-refractivity contribution < 1.29 is 4.79 Å². The van der Waals surface area contributed by atoms with Crippen molar-refractivity contribution in [3.63, 3.8) is 0 Å². The molecule has 0 saturated carbocycles. The molecule has 2 N–H and O–H groups in total. The molecule has 2 aromatic rings. The lowest BCUT2D eigenvalue weighted by Gasteiger charge is -2.46. The summed E-state index contributed by atoms with van der Waals surface area (Å²) in [6.45, 7) is 7.36. The third-order valence-corrected chi connectivity index (χ3v) is 5.07. The predicted octanol–water partition coefficient (Wildman–Crippen LogP) is 2.24. The first kappa shape index (κ1) is 14.1. The van der Waals surface area contributed by atoms with Gasteiger partial charge in [0.25, 0.3) is 0 Å². The molecule has 21 heavy (non-hydrogen) atoms. The number of nitrogens with two attached hydrogens (primary N) is 1. The minimum Gasteiger partial charge on any atom is -0.397 e. The van der Waals surface area contributed by atoms with E-state index in [4.69, 9.17) is 5.73 Å². The van der Waals surface area contributed by atoms with Gasteiger partial charge in [0.2, 0.25) is 5.91 Å². The molecule has 1 saturated heterocycles. The zero-order valence-corrected chi connectivity index (χ0v) is 13.6. The zero-order chi connectivity index (χ0) is 15.4. The number of hydrogen-bond acceptors (Lipinski definition) is 5. The lowest BCUT2D eigenvalue weighted by atomic mass is 9.96. The Morgan fingerprint density at radius 2 is 2.05 bits per heavy atom. The van der Waals surface area contributed by atoms with Crippen LogP contribution in [-0.4, -0.2) is 41.5 Å². The quantitative estimate of drug-likeness (QED) is 0.821. The second-order valence-electron chi connectivity index (χ2n) is 6.05. The van der Waals surface area contributed by atoms with Gasteiger partial charge in [-0.25, -0.2) is 4.98 Å². The number of nitrogen functional groups attached to an aromatic ring is 1. The molecule has 0 spiro atoms. The largest absolute Gasteiger partial charge is 0.397 e. The van der Waals surface area contributed by atoms with E-state index in [9.17, 15) is 4.79 Å². The average molecular weight is 304 g/mol. The number of anilines is 2. The number of nitrogens with zero attached hydrogens (tertiary/aromatic N) is 3. The molecule has 1 aromatic heterocycles. The van der Waals surface area contributed by atoms with Gasteiger partial charge in [0.05, 0.1) is 26.6 Å². The van der Waals surface area contributed by atoms with E-state index >= 15 is 0 Å². The van der Waals surface area contributed by atoms with Crippen molar-refractivity contribution in [2.45, 2.75) is 26.3 Å². The fourth-order valence-corrected chi connectivity index (χ4v) is 3.82. The number of aromatic nitrogens is 1. The van der Waals surface area contributed by atoms with Gasteiger partial charge in [0.15, 0.2) is 0 Å². The topological polar surface area (TPSA) is 62.5 Å². The van der Waals surface area contributed by atoms with Crippen LogP contribution in [0.2, 0.25) is 0 Å². The third-order valence-electron chi connectivity index (χ3n) is 4.14. The average Bonchev–Trinajstić information content (AvgIpc) is 2.75. The summed E-state index contributed by atoms with van der Waals surface area (Å²) in [6.07, 6.45) is 0. The van der Waals surface area contributed by atoms with Gasteiger partial charge in [-0.05, 0) is 32.9 Å². The van der Waals surface area contributed by atoms with Gasteiger partial charge in [0, 0.05) is 20.1 Å². The predicted molar refractivity (Wildman–Crippen MR) is 87.8 cm³/mol. The highest BCUT2D eigenvalue weighted by Crippen LogP contribution is 2.36. The first-order valence-electron chi connectivity index (χ1n) is 7.00. The van der Waals surface area contributed by atoms with Gasteiger partial charge >= 0.3 is 0 Å². The van der Waals surface area contributed by atoms with Gasteiger partial charge in [-0.3, -0.25) is 4.79 Å². The van der Waals surface area contributed by atoms with E-state index in [1.807, 2.05) is 40.0 Å². The summed E-state index contributed by atoms with van der Waals surface area (Å²) in [5, 5.41) is 1.02. The van der Waals surface area contributed by atoms with Crippen LogP contribution in [0.5, 0.6) is 0 Å². The van der Waals surface area contributed by atoms with Crippen LogP contribution in [0, 0.1) is 6.92 Å². The van der Waals surface area contributed by atoms with E-state index in [1.54, 1.807) is 16.2 Å². The third kappa shape index (κ3) is 2.14. The monoisotopic (exact) mass is 304 g/mol. The van der Waals surface area contributed by atoms with Gasteiger partial charge in [-0.2, -0.15) is 0 Å². The molecular formula is C15H20N4OS. The van der Waals surface area contributed by atoms with Gasteiger partial charge in [-0.1, -0.05) is 0 Å². The van der Waals surface area contributed by atoms with Crippen molar-refractivity contribution in [1.82, 2.24) is 9.88 Å². The van der Waals surface area contributed by atoms with Crippen molar-refractivity contribution >= 4 is 38.8 Å². The first-order chi connectivity index (χ1) is 9.80. The number of hydrogen-bond donors (Lipinski definition) is 1. The molecule has 1 aliphatic rings. The molecule has 0 aliphatic carbocycles. The van der Waals surface area contributed by atoms with E-state index in [2.05, 4.69) is 9.88 Å². The molecule has 1 amide bonds. The minimum atomic E-state index is -0.597. The second-order valence-corrected chi connectivity index (χ2v) is 7.28. The summed E-state index contributed by atoms with van der Waals surface area (Å²) in [5.41, 5.74) is 8.20. The molecule has 0 radical (unpaired) electrons. The van der Waals surface area contributed by atoms with Gasteiger partial charge < -0.3 is 15.5 Å². The molecule has 1 aliphatic heterocycles. The molecule has 0 unspecified atom stereocenters. The molecule has 112 valence electrons. The fourth-order valence-electron chi connectivity index (χ4n) is 2.96. The highest BCUT2D eigenvalue weighted by atomic mass is 32.1. The number of rotatable bonds is 1. The number of piperazine rings is 1. The summed E-state index contributed by atoms with van der Waals surface area (Å²) in [6, 6.07) is 3.97. The van der Waals surface area contributed by atoms with Crippen molar-refractivity contribution in [2.75, 3.05) is 30.8 Å². The maximum atomic E-state index is 12.4. The Morgan fingerprint density at radius 3 is 2.76 bits per heavy atom. The fraction of sp³-hybridized carbons (Fsp3) is 0.467. The van der Waals surface area contributed by atoms with Gasteiger partial charge in [0.1, 0.15) is 5.54 Å². The van der Waals surface area contributed by atoms with Crippen LogP contribution in [0.3, 0.4) is 0 Å². The van der Waals surface area contributed by atoms with Crippen LogP contribution in [0.25, 0.3) is 10.2 Å². The van der Waals surface area contributed by atoms with Crippen molar-refractivity contribution in [3.8, 4) is 0 Å². The number of amides is 1. The number of benzene rings is 1. The number of carbonyl (C=O) groups is 1. The molecule has 1 aromatic carbocycles. The highest BCUT2D eigenvalue weighted by Gasteiger charge is 2.41. The molecule has 6 heteroatoms. The Hall–Kier alpha value is -1.82. The molecule has 0 atom stereocenters. The van der Waals surface area contributed by atoms with Crippen molar-refractivity contribution in [2.24, 2.45) is 0 Å². The number of aryl methyl sites for hydroxylation is 1. The summed E-state index contributed by atoms with van der Waals surface area (Å²) < 4.78 is 1.09. The molecule has 0 bridgehead atoms. The zero-order valence-electron chi connectivity index (χ0n) is 12.8. The molecule has 3 rings (SSSR count).